The highest BCUT2D eigenvalue weighted by atomic mass is 16.7. The Hall–Kier alpha value is -2.72. The second-order valence-corrected chi connectivity index (χ2v) is 11.8. The Kier molecular flexibility index (Phi) is 9.30. The van der Waals surface area contributed by atoms with E-state index in [9.17, 15) is 0 Å². The third kappa shape index (κ3) is 7.89. The minimum Gasteiger partial charge on any atom is -0.493 e. The van der Waals surface area contributed by atoms with E-state index in [1.165, 1.54) is 18.4 Å². The van der Waals surface area contributed by atoms with Crippen LogP contribution in [-0.2, 0) is 4.74 Å². The average Bonchev–Trinajstić information content (AvgIpc) is 2.81. The van der Waals surface area contributed by atoms with Crippen molar-refractivity contribution >= 4 is 10.8 Å². The maximum atomic E-state index is 6.06. The van der Waals surface area contributed by atoms with E-state index < -0.39 is 0 Å². The lowest BCUT2D eigenvalue weighted by Crippen LogP contribution is -2.21. The number of hydrogen-bond donors (Lipinski definition) is 0. The van der Waals surface area contributed by atoms with Gasteiger partial charge in [0.1, 0.15) is 12.4 Å². The summed E-state index contributed by atoms with van der Waals surface area (Å²) in [5, 5.41) is 2.14. The van der Waals surface area contributed by atoms with Gasteiger partial charge in [0, 0.05) is 5.39 Å². The lowest BCUT2D eigenvalue weighted by Gasteiger charge is -2.33. The van der Waals surface area contributed by atoms with Gasteiger partial charge in [0.15, 0.2) is 17.8 Å². The number of ether oxygens (including phenoxy) is 4. The third-order valence-corrected chi connectivity index (χ3v) is 6.56. The minimum atomic E-state index is -0.381. The van der Waals surface area contributed by atoms with Gasteiger partial charge in [-0.15, -0.1) is 0 Å². The zero-order valence-electron chi connectivity index (χ0n) is 23.4. The van der Waals surface area contributed by atoms with E-state index in [4.69, 9.17) is 18.9 Å². The summed E-state index contributed by atoms with van der Waals surface area (Å²) in [5.41, 5.74) is 1.91. The van der Waals surface area contributed by atoms with Crippen LogP contribution in [0.5, 0.6) is 17.2 Å². The summed E-state index contributed by atoms with van der Waals surface area (Å²) in [4.78, 5) is 0. The number of benzene rings is 3. The van der Waals surface area contributed by atoms with E-state index in [1.807, 2.05) is 37.3 Å². The first-order valence-corrected chi connectivity index (χ1v) is 13.0. The smallest absolute Gasteiger partial charge is 0.197 e. The molecule has 0 aliphatic rings. The van der Waals surface area contributed by atoms with Crippen LogP contribution in [0.2, 0.25) is 0 Å². The molecular weight excluding hydrogens is 448 g/mol. The topological polar surface area (TPSA) is 36.9 Å². The molecule has 0 aliphatic heterocycles. The molecule has 0 saturated heterocycles. The summed E-state index contributed by atoms with van der Waals surface area (Å²) in [6.45, 7) is 16.7. The van der Waals surface area contributed by atoms with Gasteiger partial charge in [-0.25, -0.2) is 0 Å². The van der Waals surface area contributed by atoms with Gasteiger partial charge in [0.2, 0.25) is 0 Å². The molecular formula is C32H44O4. The SMILES string of the molecule is COc1ccc2ccccc2c1OCCOC(C)Oc1ccc(C(CCC(C)(C)C)C(C)(C)C)cc1. The van der Waals surface area contributed by atoms with Crippen LogP contribution in [0, 0.1) is 10.8 Å². The van der Waals surface area contributed by atoms with Crippen LogP contribution in [0.1, 0.15) is 72.8 Å². The van der Waals surface area contributed by atoms with Gasteiger partial charge in [0.25, 0.3) is 0 Å². The van der Waals surface area contributed by atoms with Crippen molar-refractivity contribution < 1.29 is 18.9 Å². The molecule has 0 radical (unpaired) electrons. The van der Waals surface area contributed by atoms with Crippen LogP contribution in [0.3, 0.4) is 0 Å². The lowest BCUT2D eigenvalue weighted by molar-refractivity contribution is -0.0739. The van der Waals surface area contributed by atoms with Gasteiger partial charge in [-0.2, -0.15) is 0 Å². The lowest BCUT2D eigenvalue weighted by atomic mass is 9.72. The van der Waals surface area contributed by atoms with Gasteiger partial charge < -0.3 is 18.9 Å². The van der Waals surface area contributed by atoms with Crippen LogP contribution < -0.4 is 14.2 Å². The highest BCUT2D eigenvalue weighted by molar-refractivity contribution is 5.90. The number of rotatable bonds is 11. The molecule has 0 aromatic heterocycles. The Morgan fingerprint density at radius 2 is 1.50 bits per heavy atom. The van der Waals surface area contributed by atoms with Crippen molar-refractivity contribution in [3.05, 3.63) is 66.2 Å². The third-order valence-electron chi connectivity index (χ3n) is 6.56. The maximum absolute atomic E-state index is 6.06. The largest absolute Gasteiger partial charge is 0.493 e. The van der Waals surface area contributed by atoms with Crippen molar-refractivity contribution in [2.45, 2.75) is 73.5 Å². The molecule has 3 aromatic rings. The molecule has 0 amide bonds. The zero-order valence-corrected chi connectivity index (χ0v) is 23.4. The molecule has 3 rings (SSSR count). The van der Waals surface area contributed by atoms with E-state index in [2.05, 4.69) is 71.9 Å². The number of hydrogen-bond acceptors (Lipinski definition) is 4. The second-order valence-electron chi connectivity index (χ2n) is 11.8. The van der Waals surface area contributed by atoms with Gasteiger partial charge >= 0.3 is 0 Å². The fraction of sp³-hybridized carbons (Fsp3) is 0.500. The standard InChI is InChI=1S/C32H44O4/c1-23(34-21-22-35-30-27-12-10-9-11-24(27)15-18-29(30)33-8)36-26-16-13-25(14-17-26)28(32(5,6)7)19-20-31(2,3)4/h9-18,23,28H,19-22H2,1-8H3. The maximum Gasteiger partial charge on any atom is 0.197 e. The molecule has 0 N–H and O–H groups in total. The van der Waals surface area contributed by atoms with Gasteiger partial charge in [-0.1, -0.05) is 84.0 Å². The fourth-order valence-electron chi connectivity index (χ4n) is 4.57. The van der Waals surface area contributed by atoms with Crippen LogP contribution in [0.4, 0.5) is 0 Å². The summed E-state index contributed by atoms with van der Waals surface area (Å²) in [6.07, 6.45) is 1.99. The van der Waals surface area contributed by atoms with E-state index in [0.717, 1.165) is 22.3 Å². The van der Waals surface area contributed by atoms with Crippen molar-refractivity contribution in [1.29, 1.82) is 0 Å². The van der Waals surface area contributed by atoms with Crippen molar-refractivity contribution in [2.24, 2.45) is 10.8 Å². The average molecular weight is 493 g/mol. The summed E-state index contributed by atoms with van der Waals surface area (Å²) in [7, 11) is 1.66. The van der Waals surface area contributed by atoms with Crippen molar-refractivity contribution in [1.82, 2.24) is 0 Å². The quantitative estimate of drug-likeness (QED) is 0.198. The minimum absolute atomic E-state index is 0.205. The molecule has 0 fully saturated rings. The van der Waals surface area contributed by atoms with Gasteiger partial charge in [0.05, 0.1) is 13.7 Å². The van der Waals surface area contributed by atoms with E-state index in [-0.39, 0.29) is 11.7 Å². The molecule has 196 valence electrons. The zero-order chi connectivity index (χ0) is 26.3. The first-order chi connectivity index (χ1) is 17.0. The number of fused-ring (bicyclic) bond motifs is 1. The Morgan fingerprint density at radius 3 is 2.14 bits per heavy atom. The van der Waals surface area contributed by atoms with E-state index >= 15 is 0 Å². The Morgan fingerprint density at radius 1 is 0.806 bits per heavy atom. The van der Waals surface area contributed by atoms with E-state index in [1.54, 1.807) is 7.11 Å². The van der Waals surface area contributed by atoms with Crippen LogP contribution >= 0.6 is 0 Å². The summed E-state index contributed by atoms with van der Waals surface area (Å²) in [5.74, 6) is 2.77. The molecule has 0 aliphatic carbocycles. The van der Waals surface area contributed by atoms with Crippen LogP contribution in [0.25, 0.3) is 10.8 Å². The van der Waals surface area contributed by atoms with Crippen molar-refractivity contribution in [2.75, 3.05) is 20.3 Å². The van der Waals surface area contributed by atoms with Crippen molar-refractivity contribution in [3.8, 4) is 17.2 Å². The normalized spacial score (nSPS) is 13.9. The molecule has 4 nitrogen and oxygen atoms in total. The molecule has 0 heterocycles. The molecule has 4 heteroatoms. The molecule has 2 atom stereocenters. The van der Waals surface area contributed by atoms with Crippen LogP contribution in [-0.4, -0.2) is 26.6 Å². The molecule has 0 bridgehead atoms. The first-order valence-electron chi connectivity index (χ1n) is 13.0. The monoisotopic (exact) mass is 492 g/mol. The highest BCUT2D eigenvalue weighted by Crippen LogP contribution is 2.41. The first kappa shape index (κ1) is 27.9. The molecule has 0 saturated carbocycles. The molecule has 2 unspecified atom stereocenters. The Bertz CT molecular complexity index is 1090. The Balaban J connectivity index is 1.53. The van der Waals surface area contributed by atoms with Crippen molar-refractivity contribution in [3.63, 3.8) is 0 Å². The highest BCUT2D eigenvalue weighted by Gasteiger charge is 2.27. The summed E-state index contributed by atoms with van der Waals surface area (Å²) in [6, 6.07) is 20.6. The Labute approximate surface area is 217 Å². The fourth-order valence-corrected chi connectivity index (χ4v) is 4.57. The summed E-state index contributed by atoms with van der Waals surface area (Å²) >= 11 is 0. The summed E-state index contributed by atoms with van der Waals surface area (Å²) < 4.78 is 23.4. The predicted octanol–water partition coefficient (Wildman–Crippen LogP) is 8.62. The number of methoxy groups -OCH3 is 1. The van der Waals surface area contributed by atoms with E-state index in [0.29, 0.717) is 30.3 Å². The van der Waals surface area contributed by atoms with Gasteiger partial charge in [-0.3, -0.25) is 0 Å². The second kappa shape index (κ2) is 12.0. The molecule has 3 aromatic carbocycles. The van der Waals surface area contributed by atoms with Gasteiger partial charge in [-0.05, 0) is 65.7 Å². The predicted molar refractivity (Wildman–Crippen MR) is 149 cm³/mol. The molecule has 36 heavy (non-hydrogen) atoms. The molecule has 0 spiro atoms. The van der Waals surface area contributed by atoms with Crippen LogP contribution in [0.15, 0.2) is 60.7 Å².